The van der Waals surface area contributed by atoms with E-state index in [1.807, 2.05) is 38.1 Å². The molecular weight excluding hydrogens is 397 g/mol. The van der Waals surface area contributed by atoms with Crippen LogP contribution in [0.2, 0.25) is 0 Å². The van der Waals surface area contributed by atoms with E-state index in [4.69, 9.17) is 0 Å². The molecule has 0 saturated heterocycles. The molecule has 0 aliphatic rings. The first-order valence-corrected chi connectivity index (χ1v) is 8.44. The molecule has 120 valence electrons. The minimum absolute atomic E-state index is 0. The lowest BCUT2D eigenvalue weighted by Crippen LogP contribution is -3.00. The van der Waals surface area contributed by atoms with Gasteiger partial charge in [-0.3, -0.25) is 9.00 Å². The third-order valence-electron chi connectivity index (χ3n) is 3.29. The van der Waals surface area contributed by atoms with E-state index in [1.54, 1.807) is 0 Å². The van der Waals surface area contributed by atoms with Gasteiger partial charge in [-0.2, -0.15) is 0 Å². The van der Waals surface area contributed by atoms with Gasteiger partial charge in [-0.1, -0.05) is 32.0 Å². The minimum atomic E-state index is -1.09. The maximum absolute atomic E-state index is 12.8. The van der Waals surface area contributed by atoms with E-state index in [1.165, 1.54) is 0 Å². The van der Waals surface area contributed by atoms with E-state index in [9.17, 15) is 9.00 Å². The van der Waals surface area contributed by atoms with Crippen LogP contribution in [-0.2, 0) is 10.8 Å². The van der Waals surface area contributed by atoms with E-state index >= 15 is 0 Å². The van der Waals surface area contributed by atoms with Crippen molar-refractivity contribution >= 4 is 16.6 Å². The van der Waals surface area contributed by atoms with Gasteiger partial charge in [0.25, 0.3) is 0 Å². The number of nitrogens with zero attached hydrogens (tertiary/aromatic N) is 1. The molecule has 0 spiro atoms. The molecule has 0 N–H and O–H groups in total. The molecule has 0 aliphatic carbocycles. The second-order valence-electron chi connectivity index (χ2n) is 6.07. The van der Waals surface area contributed by atoms with Gasteiger partial charge >= 0.3 is 0 Å². The normalized spacial score (nSPS) is 14.1. The predicted octanol–water partition coefficient (Wildman–Crippen LogP) is -0.267. The first-order chi connectivity index (χ1) is 9.30. The van der Waals surface area contributed by atoms with Gasteiger partial charge < -0.3 is 28.5 Å². The van der Waals surface area contributed by atoms with Crippen molar-refractivity contribution in [1.82, 2.24) is 0 Å². The van der Waals surface area contributed by atoms with Crippen molar-refractivity contribution in [2.45, 2.75) is 25.2 Å². The zero-order chi connectivity index (χ0) is 15.3. The molecule has 0 bridgehead atoms. The average molecular weight is 423 g/mol. The summed E-state index contributed by atoms with van der Waals surface area (Å²) >= 11 is 0. The van der Waals surface area contributed by atoms with Crippen LogP contribution in [-0.4, -0.2) is 47.9 Å². The zero-order valence-corrected chi connectivity index (χ0v) is 16.5. The van der Waals surface area contributed by atoms with Gasteiger partial charge in [-0.25, -0.2) is 0 Å². The summed E-state index contributed by atoms with van der Waals surface area (Å²) in [5.74, 6) is 0.638. The van der Waals surface area contributed by atoms with Crippen LogP contribution in [0.1, 0.15) is 30.6 Å². The molecule has 0 aromatic heterocycles. The molecule has 0 fully saturated rings. The molecule has 1 rings (SSSR count). The topological polar surface area (TPSA) is 34.1 Å². The van der Waals surface area contributed by atoms with Crippen LogP contribution in [0.3, 0.4) is 0 Å². The molecule has 0 saturated carbocycles. The lowest BCUT2D eigenvalue weighted by Gasteiger charge is -2.28. The van der Waals surface area contributed by atoms with Gasteiger partial charge in [-0.05, 0) is 12.5 Å². The summed E-state index contributed by atoms with van der Waals surface area (Å²) in [5.41, 5.74) is 0.632. The van der Waals surface area contributed by atoms with Crippen LogP contribution < -0.4 is 24.0 Å². The lowest BCUT2D eigenvalue weighted by molar-refractivity contribution is -0.872. The number of halogens is 1. The van der Waals surface area contributed by atoms with E-state index in [-0.39, 0.29) is 35.7 Å². The molecule has 2 unspecified atom stereocenters. The highest BCUT2D eigenvalue weighted by atomic mass is 127. The fraction of sp³-hybridized carbons (Fsp3) is 0.562. The number of carbonyl (C=O) groups is 1. The fourth-order valence-electron chi connectivity index (χ4n) is 2.30. The third kappa shape index (κ3) is 6.16. The van der Waals surface area contributed by atoms with Gasteiger partial charge in [0, 0.05) is 16.2 Å². The molecule has 0 aliphatic heterocycles. The minimum Gasteiger partial charge on any atom is -1.00 e. The molecular formula is C16H26INO2S. The molecule has 5 heteroatoms. The number of hydrogen-bond acceptors (Lipinski definition) is 2. The Hall–Kier alpha value is -0.270. The van der Waals surface area contributed by atoms with Gasteiger partial charge in [0.15, 0.2) is 5.78 Å². The van der Waals surface area contributed by atoms with E-state index in [0.717, 1.165) is 17.4 Å². The molecule has 2 atom stereocenters. The van der Waals surface area contributed by atoms with Gasteiger partial charge in [0.1, 0.15) is 0 Å². The third-order valence-corrected chi connectivity index (χ3v) is 4.66. The highest BCUT2D eigenvalue weighted by Gasteiger charge is 2.27. The highest BCUT2D eigenvalue weighted by molar-refractivity contribution is 7.85. The number of rotatable bonds is 7. The summed E-state index contributed by atoms with van der Waals surface area (Å²) in [7, 11) is 5.18. The van der Waals surface area contributed by atoms with E-state index < -0.39 is 10.8 Å². The van der Waals surface area contributed by atoms with Crippen molar-refractivity contribution in [3.63, 3.8) is 0 Å². The van der Waals surface area contributed by atoms with Crippen molar-refractivity contribution in [3.05, 3.63) is 29.8 Å². The number of carbonyl (C=O) groups excluding carboxylic acids is 1. The summed E-state index contributed by atoms with van der Waals surface area (Å²) in [6.07, 6.45) is 0.807. The maximum atomic E-state index is 12.8. The summed E-state index contributed by atoms with van der Waals surface area (Å²) < 4.78 is 12.8. The largest absolute Gasteiger partial charge is 1.00 e. The number of quaternary nitrogens is 1. The summed E-state index contributed by atoms with van der Waals surface area (Å²) in [4.78, 5) is 13.4. The SMILES string of the molecule is CCC(C[N+](C)(C)C)C(=O)c1ccccc1S(=O)CC.[I-]. The standard InChI is InChI=1S/C16H26NO2S.HI/c1-6-13(12-17(3,4)5)16(18)14-10-8-9-11-15(14)20(19)7-2;/h8-11,13H,6-7,12H2,1-5H3;1H/q+1;/p-1. The van der Waals surface area contributed by atoms with Crippen molar-refractivity contribution in [1.29, 1.82) is 0 Å². The Bertz CT molecular complexity index is 497. The second-order valence-corrected chi connectivity index (χ2v) is 7.78. The first kappa shape index (κ1) is 20.7. The molecule has 0 radical (unpaired) electrons. The quantitative estimate of drug-likeness (QED) is 0.344. The molecule has 21 heavy (non-hydrogen) atoms. The summed E-state index contributed by atoms with van der Waals surface area (Å²) in [6.45, 7) is 4.71. The van der Waals surface area contributed by atoms with E-state index in [0.29, 0.717) is 16.2 Å². The van der Waals surface area contributed by atoms with Crippen LogP contribution in [0.5, 0.6) is 0 Å². The van der Waals surface area contributed by atoms with Crippen molar-refractivity contribution in [3.8, 4) is 0 Å². The second kappa shape index (κ2) is 9.00. The molecule has 1 aromatic carbocycles. The number of Topliss-reactive ketones (excluding diaryl/α,β-unsaturated/α-hetero) is 1. The van der Waals surface area contributed by atoms with Crippen LogP contribution in [0.25, 0.3) is 0 Å². The zero-order valence-electron chi connectivity index (χ0n) is 13.6. The molecule has 0 heterocycles. The smallest absolute Gasteiger partial charge is 0.172 e. The van der Waals surface area contributed by atoms with Crippen LogP contribution in [0, 0.1) is 5.92 Å². The van der Waals surface area contributed by atoms with Crippen LogP contribution >= 0.6 is 0 Å². The number of ketones is 1. The molecule has 1 aromatic rings. The lowest BCUT2D eigenvalue weighted by atomic mass is 9.94. The average Bonchev–Trinajstić information content (AvgIpc) is 2.42. The van der Waals surface area contributed by atoms with Gasteiger partial charge in [0.05, 0.1) is 44.4 Å². The number of benzene rings is 1. The van der Waals surface area contributed by atoms with Gasteiger partial charge in [-0.15, -0.1) is 0 Å². The fourth-order valence-corrected chi connectivity index (χ4v) is 3.26. The summed E-state index contributed by atoms with van der Waals surface area (Å²) in [5, 5.41) is 0. The first-order valence-electron chi connectivity index (χ1n) is 7.12. The highest BCUT2D eigenvalue weighted by Crippen LogP contribution is 2.21. The Morgan fingerprint density at radius 3 is 2.24 bits per heavy atom. The van der Waals surface area contributed by atoms with Crippen molar-refractivity contribution < 1.29 is 37.5 Å². The molecule has 0 amide bonds. The van der Waals surface area contributed by atoms with Crippen LogP contribution in [0.15, 0.2) is 29.2 Å². The Morgan fingerprint density at radius 2 is 1.76 bits per heavy atom. The monoisotopic (exact) mass is 423 g/mol. The Labute approximate surface area is 148 Å². The Morgan fingerprint density at radius 1 is 1.19 bits per heavy atom. The van der Waals surface area contributed by atoms with Crippen molar-refractivity contribution in [2.75, 3.05) is 33.4 Å². The number of hydrogen-bond donors (Lipinski definition) is 0. The van der Waals surface area contributed by atoms with Gasteiger partial charge in [0.2, 0.25) is 0 Å². The predicted molar refractivity (Wildman–Crippen MR) is 84.4 cm³/mol. The summed E-state index contributed by atoms with van der Waals surface area (Å²) in [6, 6.07) is 7.32. The van der Waals surface area contributed by atoms with Crippen molar-refractivity contribution in [2.24, 2.45) is 5.92 Å². The maximum Gasteiger partial charge on any atom is 0.172 e. The molecule has 3 nitrogen and oxygen atoms in total. The van der Waals surface area contributed by atoms with Crippen LogP contribution in [0.4, 0.5) is 0 Å². The Balaban J connectivity index is 0.00000400. The van der Waals surface area contributed by atoms with E-state index in [2.05, 4.69) is 21.1 Å². The Kier molecular flexibility index (Phi) is 8.89.